The highest BCUT2D eigenvalue weighted by atomic mass is 16.2. The summed E-state index contributed by atoms with van der Waals surface area (Å²) in [4.78, 5) is 33.9. The van der Waals surface area contributed by atoms with Crippen molar-refractivity contribution in [3.63, 3.8) is 0 Å². The van der Waals surface area contributed by atoms with Gasteiger partial charge in [0.25, 0.3) is 11.8 Å². The van der Waals surface area contributed by atoms with Crippen LogP contribution in [0.5, 0.6) is 0 Å². The molecule has 1 saturated carbocycles. The second-order valence-electron chi connectivity index (χ2n) is 7.31. The minimum Gasteiger partial charge on any atom is -0.333 e. The Morgan fingerprint density at radius 1 is 1.15 bits per heavy atom. The Hall–Kier alpha value is -2.41. The molecule has 7 heteroatoms. The van der Waals surface area contributed by atoms with Gasteiger partial charge in [-0.2, -0.15) is 0 Å². The molecule has 1 N–H and O–H groups in total. The van der Waals surface area contributed by atoms with E-state index in [1.54, 1.807) is 6.92 Å². The van der Waals surface area contributed by atoms with Gasteiger partial charge in [0.15, 0.2) is 0 Å². The molecule has 0 spiro atoms. The number of carbonyl (C=O) groups excluding carboxylic acids is 2. The molecule has 1 aliphatic carbocycles. The predicted octanol–water partition coefficient (Wildman–Crippen LogP) is 0.879. The first-order valence-corrected chi connectivity index (χ1v) is 9.37. The van der Waals surface area contributed by atoms with E-state index < -0.39 is 6.04 Å². The first kappa shape index (κ1) is 17.0. The van der Waals surface area contributed by atoms with Gasteiger partial charge in [0, 0.05) is 32.7 Å². The molecular formula is C19H25N5O2. The summed E-state index contributed by atoms with van der Waals surface area (Å²) in [5, 5.41) is 1.42. The highest BCUT2D eigenvalue weighted by molar-refractivity contribution is 6.39. The molecule has 2 aliphatic heterocycles. The summed E-state index contributed by atoms with van der Waals surface area (Å²) in [6.45, 7) is 6.12. The Morgan fingerprint density at radius 3 is 2.50 bits per heavy atom. The molecule has 7 nitrogen and oxygen atoms in total. The molecule has 4 rings (SSSR count). The first-order chi connectivity index (χ1) is 12.6. The normalized spacial score (nSPS) is 24.3. The lowest BCUT2D eigenvalue weighted by Gasteiger charge is -2.37. The summed E-state index contributed by atoms with van der Waals surface area (Å²) in [6, 6.07) is 8.71. The van der Waals surface area contributed by atoms with E-state index in [2.05, 4.69) is 15.3 Å². The number of aliphatic imine (C=N–C) groups is 1. The molecule has 3 aliphatic rings. The lowest BCUT2D eigenvalue weighted by molar-refractivity contribution is -0.126. The van der Waals surface area contributed by atoms with Gasteiger partial charge in [-0.1, -0.05) is 18.2 Å². The van der Waals surface area contributed by atoms with Crippen molar-refractivity contribution in [2.45, 2.75) is 25.8 Å². The number of nitrogens with zero attached hydrogens (tertiary/aromatic N) is 4. The lowest BCUT2D eigenvalue weighted by Crippen LogP contribution is -2.60. The Balaban J connectivity index is 1.42. The van der Waals surface area contributed by atoms with Gasteiger partial charge in [-0.3, -0.25) is 19.9 Å². The van der Waals surface area contributed by atoms with Gasteiger partial charge in [-0.05, 0) is 37.8 Å². The van der Waals surface area contributed by atoms with Crippen molar-refractivity contribution < 1.29 is 9.59 Å². The van der Waals surface area contributed by atoms with E-state index in [-0.39, 0.29) is 17.6 Å². The third kappa shape index (κ3) is 3.58. The summed E-state index contributed by atoms with van der Waals surface area (Å²) >= 11 is 0. The maximum Gasteiger partial charge on any atom is 0.290 e. The molecule has 0 bridgehead atoms. The third-order valence-corrected chi connectivity index (χ3v) is 5.21. The van der Waals surface area contributed by atoms with E-state index in [4.69, 9.17) is 0 Å². The van der Waals surface area contributed by atoms with E-state index in [9.17, 15) is 9.59 Å². The molecule has 1 aromatic carbocycles. The molecule has 2 amide bonds. The maximum atomic E-state index is 12.9. The van der Waals surface area contributed by atoms with Crippen molar-refractivity contribution in [1.82, 2.24) is 15.2 Å². The fourth-order valence-electron chi connectivity index (χ4n) is 3.45. The van der Waals surface area contributed by atoms with Crippen molar-refractivity contribution >= 4 is 23.3 Å². The number of piperazine rings is 1. The van der Waals surface area contributed by atoms with Crippen LogP contribution in [0.15, 0.2) is 35.3 Å². The van der Waals surface area contributed by atoms with Crippen LogP contribution in [0.4, 0.5) is 5.69 Å². The van der Waals surface area contributed by atoms with Crippen LogP contribution in [0.2, 0.25) is 0 Å². The van der Waals surface area contributed by atoms with Crippen molar-refractivity contribution in [3.05, 3.63) is 30.3 Å². The topological polar surface area (TPSA) is 68.2 Å². The Morgan fingerprint density at radius 2 is 1.85 bits per heavy atom. The molecule has 1 aromatic rings. The number of amidine groups is 1. The standard InChI is InChI=1S/C19H25N5O2/c1-14-18(25)24(16-5-3-2-4-6-16)21-17(20-14)19(26)23-11-9-22(10-12-23)13-15-7-8-15/h2-6,14-15H,7-13H2,1H3,(H,20,21). The number of hydrazine groups is 1. The molecule has 2 heterocycles. The van der Waals surface area contributed by atoms with Gasteiger partial charge >= 0.3 is 0 Å². The van der Waals surface area contributed by atoms with Crippen LogP contribution in [0, 0.1) is 5.92 Å². The first-order valence-electron chi connectivity index (χ1n) is 9.37. The number of carbonyl (C=O) groups is 2. The van der Waals surface area contributed by atoms with E-state index in [0.717, 1.165) is 25.6 Å². The molecule has 138 valence electrons. The summed E-state index contributed by atoms with van der Waals surface area (Å²) in [5.74, 6) is 0.822. The summed E-state index contributed by atoms with van der Waals surface area (Å²) in [7, 11) is 0. The van der Waals surface area contributed by atoms with Crippen LogP contribution in [0.1, 0.15) is 19.8 Å². The molecular weight excluding hydrogens is 330 g/mol. The molecule has 1 atom stereocenters. The lowest BCUT2D eigenvalue weighted by atomic mass is 10.2. The zero-order valence-electron chi connectivity index (χ0n) is 15.1. The Labute approximate surface area is 153 Å². The number of hydrogen-bond acceptors (Lipinski definition) is 5. The van der Waals surface area contributed by atoms with Gasteiger partial charge in [-0.25, -0.2) is 10.0 Å². The minimum absolute atomic E-state index is 0.128. The Kier molecular flexibility index (Phi) is 4.63. The molecule has 2 fully saturated rings. The van der Waals surface area contributed by atoms with Crippen LogP contribution >= 0.6 is 0 Å². The molecule has 0 aromatic heterocycles. The van der Waals surface area contributed by atoms with Crippen molar-refractivity contribution in [2.75, 3.05) is 37.7 Å². The summed E-state index contributed by atoms with van der Waals surface area (Å²) in [6.07, 6.45) is 2.70. The number of rotatable bonds is 4. The third-order valence-electron chi connectivity index (χ3n) is 5.21. The van der Waals surface area contributed by atoms with Crippen LogP contribution in [0.25, 0.3) is 0 Å². The van der Waals surface area contributed by atoms with Crippen molar-refractivity contribution in [2.24, 2.45) is 10.9 Å². The van der Waals surface area contributed by atoms with Gasteiger partial charge < -0.3 is 4.90 Å². The van der Waals surface area contributed by atoms with Gasteiger partial charge in [0.2, 0.25) is 5.84 Å². The average Bonchev–Trinajstić information content (AvgIpc) is 3.48. The van der Waals surface area contributed by atoms with E-state index in [1.165, 1.54) is 17.9 Å². The Bertz CT molecular complexity index is 708. The van der Waals surface area contributed by atoms with Crippen molar-refractivity contribution in [1.29, 1.82) is 0 Å². The quantitative estimate of drug-likeness (QED) is 0.871. The number of para-hydroxylation sites is 1. The van der Waals surface area contributed by atoms with Gasteiger partial charge in [0.1, 0.15) is 6.04 Å². The van der Waals surface area contributed by atoms with Crippen LogP contribution < -0.4 is 10.4 Å². The summed E-state index contributed by atoms with van der Waals surface area (Å²) < 4.78 is 0. The highest BCUT2D eigenvalue weighted by Crippen LogP contribution is 2.30. The van der Waals surface area contributed by atoms with E-state index in [1.807, 2.05) is 35.2 Å². The summed E-state index contributed by atoms with van der Waals surface area (Å²) in [5.41, 5.74) is 3.64. The molecule has 26 heavy (non-hydrogen) atoms. The highest BCUT2D eigenvalue weighted by Gasteiger charge is 2.34. The number of hydrogen-bond donors (Lipinski definition) is 1. The zero-order chi connectivity index (χ0) is 18.1. The van der Waals surface area contributed by atoms with E-state index in [0.29, 0.717) is 18.8 Å². The molecule has 1 saturated heterocycles. The zero-order valence-corrected chi connectivity index (χ0v) is 15.1. The second kappa shape index (κ2) is 7.07. The smallest absolute Gasteiger partial charge is 0.290 e. The number of benzene rings is 1. The maximum absolute atomic E-state index is 12.9. The van der Waals surface area contributed by atoms with Gasteiger partial charge in [-0.15, -0.1) is 0 Å². The predicted molar refractivity (Wildman–Crippen MR) is 99.7 cm³/mol. The SMILES string of the molecule is CC1N=C(C(=O)N2CCN(CC3CC3)CC2)NN(c2ccccc2)C1=O. The van der Waals surface area contributed by atoms with Crippen LogP contribution in [0.3, 0.4) is 0 Å². The number of nitrogens with one attached hydrogen (secondary N) is 1. The minimum atomic E-state index is -0.577. The average molecular weight is 355 g/mol. The molecule has 0 radical (unpaired) electrons. The van der Waals surface area contributed by atoms with E-state index >= 15 is 0 Å². The fourth-order valence-corrected chi connectivity index (χ4v) is 3.45. The second-order valence-corrected chi connectivity index (χ2v) is 7.31. The monoisotopic (exact) mass is 355 g/mol. The van der Waals surface area contributed by atoms with Crippen molar-refractivity contribution in [3.8, 4) is 0 Å². The number of amides is 2. The molecule has 1 unspecified atom stereocenters. The van der Waals surface area contributed by atoms with Crippen LogP contribution in [-0.2, 0) is 9.59 Å². The largest absolute Gasteiger partial charge is 0.333 e. The van der Waals surface area contributed by atoms with Gasteiger partial charge in [0.05, 0.1) is 5.69 Å². The van der Waals surface area contributed by atoms with Crippen LogP contribution in [-0.4, -0.2) is 66.2 Å². The fraction of sp³-hybridized carbons (Fsp3) is 0.526. The number of anilines is 1.